The second-order valence-electron chi connectivity index (χ2n) is 8.29. The molecule has 12 heteroatoms. The Hall–Kier alpha value is -3.15. The maximum Gasteiger partial charge on any atom is 0.408 e. The van der Waals surface area contributed by atoms with E-state index in [1.165, 1.54) is 14.0 Å². The van der Waals surface area contributed by atoms with Crippen molar-refractivity contribution >= 4 is 35.7 Å². The van der Waals surface area contributed by atoms with Crippen LogP contribution in [0.5, 0.6) is 11.5 Å². The third-order valence-corrected chi connectivity index (χ3v) is 5.63. The number of amides is 2. The quantitative estimate of drug-likeness (QED) is 0.356. The van der Waals surface area contributed by atoms with Gasteiger partial charge in [0.2, 0.25) is 5.91 Å². The van der Waals surface area contributed by atoms with E-state index in [1.807, 2.05) is 0 Å². The Kier molecular flexibility index (Phi) is 8.42. The molecule has 0 aliphatic carbocycles. The minimum atomic E-state index is -1.39. The van der Waals surface area contributed by atoms with Crippen LogP contribution in [0.2, 0.25) is 0 Å². The zero-order chi connectivity index (χ0) is 24.9. The van der Waals surface area contributed by atoms with Crippen molar-refractivity contribution in [1.29, 1.82) is 0 Å². The molecule has 4 N–H and O–H groups in total. The number of nitrogens with one attached hydrogen (secondary N) is 2. The number of phenols is 2. The molecule has 0 bridgehead atoms. The van der Waals surface area contributed by atoms with E-state index in [1.54, 1.807) is 20.8 Å². The van der Waals surface area contributed by atoms with Crippen LogP contribution in [0.1, 0.15) is 42.3 Å². The number of carbonyl (C=O) groups is 4. The van der Waals surface area contributed by atoms with Crippen molar-refractivity contribution in [1.82, 2.24) is 10.6 Å². The van der Waals surface area contributed by atoms with E-state index in [2.05, 4.69) is 10.6 Å². The molecule has 2 amide bonds. The monoisotopic (exact) mass is 484 g/mol. The van der Waals surface area contributed by atoms with Crippen molar-refractivity contribution in [3.05, 3.63) is 22.8 Å². The molecule has 0 radical (unpaired) electrons. The summed E-state index contributed by atoms with van der Waals surface area (Å²) in [6.45, 7) is 5.79. The molecule has 1 aliphatic heterocycles. The highest BCUT2D eigenvalue weighted by Gasteiger charge is 2.32. The zero-order valence-corrected chi connectivity index (χ0v) is 19.8. The number of thioether (sulfide) groups is 1. The van der Waals surface area contributed by atoms with Crippen LogP contribution in [0.3, 0.4) is 0 Å². The van der Waals surface area contributed by atoms with Crippen LogP contribution < -0.4 is 10.6 Å². The summed E-state index contributed by atoms with van der Waals surface area (Å²) < 4.78 is 15.2. The molecule has 1 aromatic carbocycles. The fraction of sp³-hybridized carbons (Fsp3) is 0.524. The van der Waals surface area contributed by atoms with E-state index in [0.717, 1.165) is 17.8 Å². The van der Waals surface area contributed by atoms with Crippen LogP contribution in [0.25, 0.3) is 0 Å². The normalized spacial score (nSPS) is 19.7. The highest BCUT2D eigenvalue weighted by molar-refractivity contribution is 7.98. The van der Waals surface area contributed by atoms with Crippen LogP contribution in [0, 0.1) is 6.92 Å². The summed E-state index contributed by atoms with van der Waals surface area (Å²) in [5.41, 5.74) is -0.533. The van der Waals surface area contributed by atoms with Gasteiger partial charge in [0, 0.05) is 28.7 Å². The number of carbonyl (C=O) groups excluding carboxylic acids is 4. The number of hydrogen-bond donors (Lipinski definition) is 4. The van der Waals surface area contributed by atoms with E-state index in [4.69, 9.17) is 14.2 Å². The van der Waals surface area contributed by atoms with Crippen LogP contribution in [-0.4, -0.2) is 71.3 Å². The van der Waals surface area contributed by atoms with Crippen LogP contribution >= 0.6 is 11.8 Å². The molecular weight excluding hydrogens is 456 g/mol. The van der Waals surface area contributed by atoms with Crippen molar-refractivity contribution in [3.8, 4) is 11.5 Å². The number of benzene rings is 1. The van der Waals surface area contributed by atoms with Crippen LogP contribution in [-0.2, 0) is 29.6 Å². The molecule has 33 heavy (non-hydrogen) atoms. The van der Waals surface area contributed by atoms with Gasteiger partial charge in [-0.3, -0.25) is 4.79 Å². The Balaban J connectivity index is 2.42. The molecule has 2 atom stereocenters. The van der Waals surface area contributed by atoms with E-state index in [-0.39, 0.29) is 39.7 Å². The van der Waals surface area contributed by atoms with Gasteiger partial charge in [0.05, 0.1) is 12.7 Å². The van der Waals surface area contributed by atoms with E-state index < -0.39 is 48.2 Å². The van der Waals surface area contributed by atoms with Gasteiger partial charge in [-0.1, -0.05) is 0 Å². The molecule has 182 valence electrons. The molecule has 2 rings (SSSR count). The van der Waals surface area contributed by atoms with Crippen molar-refractivity contribution in [2.24, 2.45) is 0 Å². The minimum Gasteiger partial charge on any atom is -0.508 e. The first kappa shape index (κ1) is 26.1. The minimum absolute atomic E-state index is 0.0470. The van der Waals surface area contributed by atoms with Crippen LogP contribution in [0.15, 0.2) is 6.07 Å². The van der Waals surface area contributed by atoms with Gasteiger partial charge in [0.25, 0.3) is 0 Å². The van der Waals surface area contributed by atoms with Crippen molar-refractivity contribution in [2.75, 3.05) is 19.5 Å². The summed E-state index contributed by atoms with van der Waals surface area (Å²) in [4.78, 5) is 50.1. The first-order valence-corrected chi connectivity index (χ1v) is 11.2. The molecular formula is C21H28N2O9S. The standard InChI is InChI=1S/C21H28N2O9S/c1-10-14(24)6-15(25)11-8-33-9-13(18(27)30-5)22-17(26)12(7-31-19(28)16(10)11)23-20(29)32-21(2,3)4/h6,12-13,24-25H,7-9H2,1-5H3,(H,22,26)(H,23,29)/t12-,13+/m1/s1. The average Bonchev–Trinajstić information content (AvgIpc) is 2.70. The predicted octanol–water partition coefficient (Wildman–Crippen LogP) is 1.36. The van der Waals surface area contributed by atoms with Gasteiger partial charge in [-0.15, -0.1) is 0 Å². The van der Waals surface area contributed by atoms with E-state index in [9.17, 15) is 29.4 Å². The van der Waals surface area contributed by atoms with Gasteiger partial charge in [0.1, 0.15) is 35.8 Å². The lowest BCUT2D eigenvalue weighted by Gasteiger charge is -2.25. The molecule has 1 heterocycles. The number of ether oxygens (including phenoxy) is 3. The molecule has 0 unspecified atom stereocenters. The topological polar surface area (TPSA) is 160 Å². The molecule has 0 saturated carbocycles. The summed E-state index contributed by atoms with van der Waals surface area (Å²) in [5.74, 6) is -2.91. The first-order valence-electron chi connectivity index (χ1n) is 10.0. The number of rotatable bonds is 2. The fourth-order valence-corrected chi connectivity index (χ4v) is 4.03. The Morgan fingerprint density at radius 3 is 2.52 bits per heavy atom. The van der Waals surface area contributed by atoms with Gasteiger partial charge in [-0.2, -0.15) is 11.8 Å². The maximum atomic E-state index is 12.8. The second kappa shape index (κ2) is 10.6. The van der Waals surface area contributed by atoms with Crippen LogP contribution in [0.4, 0.5) is 4.79 Å². The van der Waals surface area contributed by atoms with Gasteiger partial charge < -0.3 is 35.1 Å². The Morgan fingerprint density at radius 1 is 1.24 bits per heavy atom. The molecule has 0 fully saturated rings. The van der Waals surface area contributed by atoms with E-state index >= 15 is 0 Å². The predicted molar refractivity (Wildman–Crippen MR) is 118 cm³/mol. The highest BCUT2D eigenvalue weighted by Crippen LogP contribution is 2.35. The van der Waals surface area contributed by atoms with Crippen molar-refractivity contribution in [3.63, 3.8) is 0 Å². The number of aromatic hydroxyl groups is 2. The summed E-state index contributed by atoms with van der Waals surface area (Å²) in [7, 11) is 1.17. The third kappa shape index (κ3) is 6.91. The third-order valence-electron chi connectivity index (χ3n) is 4.57. The molecule has 0 saturated heterocycles. The molecule has 0 aromatic heterocycles. The zero-order valence-electron chi connectivity index (χ0n) is 19.0. The van der Waals surface area contributed by atoms with Crippen molar-refractivity contribution in [2.45, 2.75) is 51.1 Å². The van der Waals surface area contributed by atoms with Gasteiger partial charge in [0.15, 0.2) is 0 Å². The number of cyclic esters (lactones) is 1. The lowest BCUT2D eigenvalue weighted by atomic mass is 10.0. The number of hydrogen-bond acceptors (Lipinski definition) is 10. The number of esters is 2. The number of phenolic OH excluding ortho intramolecular Hbond substituents is 2. The first-order chi connectivity index (χ1) is 15.3. The Morgan fingerprint density at radius 2 is 1.91 bits per heavy atom. The lowest BCUT2D eigenvalue weighted by Crippen LogP contribution is -2.55. The highest BCUT2D eigenvalue weighted by atomic mass is 32.2. The van der Waals surface area contributed by atoms with Gasteiger partial charge in [-0.25, -0.2) is 14.4 Å². The summed E-state index contributed by atoms with van der Waals surface area (Å²) >= 11 is 1.14. The number of methoxy groups -OCH3 is 1. The summed E-state index contributed by atoms with van der Waals surface area (Å²) in [5, 5.41) is 25.2. The van der Waals surface area contributed by atoms with Gasteiger partial charge in [-0.05, 0) is 27.7 Å². The number of alkyl carbamates (subject to hydrolysis) is 1. The Bertz CT molecular complexity index is 943. The SMILES string of the molecule is COC(=O)[C@@H]1CSCc2c(O)cc(O)c(C)c2C(=O)OC[C@@H](NC(=O)OC(C)(C)C)C(=O)N1. The van der Waals surface area contributed by atoms with Crippen molar-refractivity contribution < 1.29 is 43.6 Å². The molecule has 1 aromatic rings. The number of fused-ring (bicyclic) bond motifs is 1. The Labute approximate surface area is 195 Å². The largest absolute Gasteiger partial charge is 0.508 e. The summed E-state index contributed by atoms with van der Waals surface area (Å²) in [6, 6.07) is -1.36. The molecule has 0 spiro atoms. The smallest absolute Gasteiger partial charge is 0.408 e. The summed E-state index contributed by atoms with van der Waals surface area (Å²) in [6.07, 6.45) is -0.929. The average molecular weight is 485 g/mol. The van der Waals surface area contributed by atoms with E-state index in [0.29, 0.717) is 0 Å². The maximum absolute atomic E-state index is 12.8. The molecule has 11 nitrogen and oxygen atoms in total. The second-order valence-corrected chi connectivity index (χ2v) is 9.32. The molecule has 1 aliphatic rings. The fourth-order valence-electron chi connectivity index (χ4n) is 2.96. The lowest BCUT2D eigenvalue weighted by molar-refractivity contribution is -0.144. The van der Waals surface area contributed by atoms with Gasteiger partial charge >= 0.3 is 18.0 Å².